The molecule has 4 nitrogen and oxygen atoms in total. The first kappa shape index (κ1) is 15.6. The van der Waals surface area contributed by atoms with Crippen LogP contribution in [0.25, 0.3) is 0 Å². The number of carbonyl (C=O) groups is 1. The van der Waals surface area contributed by atoms with Crippen LogP contribution in [0, 0.1) is 5.92 Å². The smallest absolute Gasteiger partial charge is 0.371 e. The van der Waals surface area contributed by atoms with Gasteiger partial charge in [-0.05, 0) is 43.5 Å². The van der Waals surface area contributed by atoms with E-state index >= 15 is 0 Å². The minimum atomic E-state index is -4.61. The molecule has 116 valence electrons. The molecule has 21 heavy (non-hydrogen) atoms. The van der Waals surface area contributed by atoms with Crippen LogP contribution in [0.3, 0.4) is 0 Å². The predicted molar refractivity (Wildman–Crippen MR) is 74.0 cm³/mol. The summed E-state index contributed by atoms with van der Waals surface area (Å²) in [4.78, 5) is 13.0. The summed E-state index contributed by atoms with van der Waals surface area (Å²) in [6.45, 7) is 1.83. The Kier molecular flexibility index (Phi) is 4.41. The standard InChI is InChI=1S/C14H18F3N3O/c15-14(16,17)12-6-10(3-4-11(12)13(19)21)20-5-1-2-9(7-18)8-20/h3-4,6,9H,1-2,5,7-8,18H2,(H2,19,21). The first-order valence-corrected chi connectivity index (χ1v) is 6.79. The van der Waals surface area contributed by atoms with Crippen LogP contribution in [0.15, 0.2) is 18.2 Å². The molecule has 7 heteroatoms. The van der Waals surface area contributed by atoms with Gasteiger partial charge in [0.1, 0.15) is 0 Å². The number of piperidine rings is 1. The summed E-state index contributed by atoms with van der Waals surface area (Å²) in [5, 5.41) is 0. The van der Waals surface area contributed by atoms with Crippen molar-refractivity contribution in [3.63, 3.8) is 0 Å². The Morgan fingerprint density at radius 2 is 2.10 bits per heavy atom. The number of carbonyl (C=O) groups excluding carboxylic acids is 1. The molecule has 4 N–H and O–H groups in total. The highest BCUT2D eigenvalue weighted by Gasteiger charge is 2.35. The van der Waals surface area contributed by atoms with Crippen molar-refractivity contribution in [2.45, 2.75) is 19.0 Å². The molecule has 1 aromatic carbocycles. The third kappa shape index (κ3) is 3.47. The van der Waals surface area contributed by atoms with E-state index in [-0.39, 0.29) is 5.92 Å². The monoisotopic (exact) mass is 301 g/mol. The molecule has 1 aliphatic heterocycles. The summed E-state index contributed by atoms with van der Waals surface area (Å²) in [6, 6.07) is 3.65. The van der Waals surface area contributed by atoms with Gasteiger partial charge in [0.05, 0.1) is 11.1 Å². The zero-order valence-corrected chi connectivity index (χ0v) is 11.5. The number of amides is 1. The Balaban J connectivity index is 2.35. The Bertz CT molecular complexity index is 531. The van der Waals surface area contributed by atoms with Crippen molar-refractivity contribution in [1.29, 1.82) is 0 Å². The van der Waals surface area contributed by atoms with Gasteiger partial charge in [0.25, 0.3) is 0 Å². The normalized spacial score (nSPS) is 19.6. The van der Waals surface area contributed by atoms with Gasteiger partial charge in [-0.2, -0.15) is 13.2 Å². The number of nitrogens with zero attached hydrogens (tertiary/aromatic N) is 1. The Morgan fingerprint density at radius 3 is 2.67 bits per heavy atom. The molecule has 0 spiro atoms. The lowest BCUT2D eigenvalue weighted by Gasteiger charge is -2.34. The number of hydrogen-bond acceptors (Lipinski definition) is 3. The second-order valence-corrected chi connectivity index (χ2v) is 5.28. The second kappa shape index (κ2) is 5.93. The number of benzene rings is 1. The van der Waals surface area contributed by atoms with Crippen molar-refractivity contribution in [1.82, 2.24) is 0 Å². The number of primary amides is 1. The van der Waals surface area contributed by atoms with Crippen molar-refractivity contribution in [2.24, 2.45) is 17.4 Å². The van der Waals surface area contributed by atoms with E-state index < -0.39 is 23.2 Å². The fourth-order valence-corrected chi connectivity index (χ4v) is 2.67. The van der Waals surface area contributed by atoms with Gasteiger partial charge < -0.3 is 16.4 Å². The van der Waals surface area contributed by atoms with Crippen LogP contribution in [-0.2, 0) is 6.18 Å². The zero-order valence-electron chi connectivity index (χ0n) is 11.5. The maximum Gasteiger partial charge on any atom is 0.417 e. The number of nitrogens with two attached hydrogens (primary N) is 2. The number of hydrogen-bond donors (Lipinski definition) is 2. The number of alkyl halides is 3. The second-order valence-electron chi connectivity index (χ2n) is 5.28. The van der Waals surface area contributed by atoms with Gasteiger partial charge >= 0.3 is 6.18 Å². The number of anilines is 1. The van der Waals surface area contributed by atoms with E-state index in [0.29, 0.717) is 25.3 Å². The molecule has 0 bridgehead atoms. The average molecular weight is 301 g/mol. The molecular weight excluding hydrogens is 283 g/mol. The van der Waals surface area contributed by atoms with Gasteiger partial charge in [0, 0.05) is 18.8 Å². The summed E-state index contributed by atoms with van der Waals surface area (Å²) in [7, 11) is 0. The van der Waals surface area contributed by atoms with Crippen molar-refractivity contribution in [3.05, 3.63) is 29.3 Å². The van der Waals surface area contributed by atoms with Crippen molar-refractivity contribution < 1.29 is 18.0 Å². The molecule has 1 heterocycles. The van der Waals surface area contributed by atoms with Crippen LogP contribution in [0.4, 0.5) is 18.9 Å². The van der Waals surface area contributed by atoms with Crippen LogP contribution in [0.2, 0.25) is 0 Å². The van der Waals surface area contributed by atoms with Crippen LogP contribution < -0.4 is 16.4 Å². The van der Waals surface area contributed by atoms with Crippen LogP contribution >= 0.6 is 0 Å². The quantitative estimate of drug-likeness (QED) is 0.896. The summed E-state index contributed by atoms with van der Waals surface area (Å²) in [6.07, 6.45) is -2.73. The molecular formula is C14H18F3N3O. The number of rotatable bonds is 3. The molecule has 0 aliphatic carbocycles. The molecule has 1 unspecified atom stereocenters. The number of halogens is 3. The topological polar surface area (TPSA) is 72.3 Å². The fourth-order valence-electron chi connectivity index (χ4n) is 2.67. The Morgan fingerprint density at radius 1 is 1.38 bits per heavy atom. The molecule has 1 atom stereocenters. The van der Waals surface area contributed by atoms with Crippen molar-refractivity contribution >= 4 is 11.6 Å². The lowest BCUT2D eigenvalue weighted by atomic mass is 9.97. The first-order valence-electron chi connectivity index (χ1n) is 6.79. The molecule has 0 saturated carbocycles. The molecule has 1 fully saturated rings. The van der Waals surface area contributed by atoms with Gasteiger partial charge in [-0.3, -0.25) is 4.79 Å². The van der Waals surface area contributed by atoms with E-state index in [0.717, 1.165) is 25.0 Å². The molecule has 0 aromatic heterocycles. The maximum absolute atomic E-state index is 13.1. The third-order valence-corrected chi connectivity index (χ3v) is 3.79. The minimum Gasteiger partial charge on any atom is -0.371 e. The highest BCUT2D eigenvalue weighted by atomic mass is 19.4. The molecule has 1 amide bonds. The van der Waals surface area contributed by atoms with Gasteiger partial charge in [-0.15, -0.1) is 0 Å². The maximum atomic E-state index is 13.1. The first-order chi connectivity index (χ1) is 9.82. The van der Waals surface area contributed by atoms with E-state index in [9.17, 15) is 18.0 Å². The largest absolute Gasteiger partial charge is 0.417 e. The lowest BCUT2D eigenvalue weighted by molar-refractivity contribution is -0.137. The molecule has 0 radical (unpaired) electrons. The predicted octanol–water partition coefficient (Wildman–Crippen LogP) is 1.98. The van der Waals surface area contributed by atoms with Crippen LogP contribution in [0.1, 0.15) is 28.8 Å². The van der Waals surface area contributed by atoms with E-state index in [1.807, 2.05) is 4.90 Å². The van der Waals surface area contributed by atoms with Crippen molar-refractivity contribution in [3.8, 4) is 0 Å². The van der Waals surface area contributed by atoms with Crippen molar-refractivity contribution in [2.75, 3.05) is 24.5 Å². The Labute approximate surface area is 120 Å². The summed E-state index contributed by atoms with van der Waals surface area (Å²) < 4.78 is 39.2. The average Bonchev–Trinajstić information content (AvgIpc) is 2.45. The fraction of sp³-hybridized carbons (Fsp3) is 0.500. The van der Waals surface area contributed by atoms with Crippen LogP contribution in [-0.4, -0.2) is 25.5 Å². The summed E-state index contributed by atoms with van der Waals surface area (Å²) in [5.74, 6) is -0.795. The van der Waals surface area contributed by atoms with E-state index in [4.69, 9.17) is 11.5 Å². The lowest BCUT2D eigenvalue weighted by Crippen LogP contribution is -2.38. The van der Waals surface area contributed by atoms with E-state index in [1.165, 1.54) is 6.07 Å². The highest BCUT2D eigenvalue weighted by Crippen LogP contribution is 2.35. The Hall–Kier alpha value is -1.76. The molecule has 1 aromatic rings. The molecule has 1 aliphatic rings. The SMILES string of the molecule is NCC1CCCN(c2ccc(C(N)=O)c(C(F)(F)F)c2)C1. The molecule has 1 saturated heterocycles. The third-order valence-electron chi connectivity index (χ3n) is 3.79. The van der Waals surface area contributed by atoms with Gasteiger partial charge in [0.15, 0.2) is 0 Å². The minimum absolute atomic E-state index is 0.281. The van der Waals surface area contributed by atoms with Crippen LogP contribution in [0.5, 0.6) is 0 Å². The highest BCUT2D eigenvalue weighted by molar-refractivity contribution is 5.95. The van der Waals surface area contributed by atoms with Gasteiger partial charge in [-0.25, -0.2) is 0 Å². The summed E-state index contributed by atoms with van der Waals surface area (Å²) >= 11 is 0. The van der Waals surface area contributed by atoms with Gasteiger partial charge in [0.2, 0.25) is 5.91 Å². The zero-order chi connectivity index (χ0) is 15.6. The van der Waals surface area contributed by atoms with E-state index in [2.05, 4.69) is 0 Å². The van der Waals surface area contributed by atoms with E-state index in [1.54, 1.807) is 0 Å². The summed E-state index contributed by atoms with van der Waals surface area (Å²) in [5.41, 5.74) is 9.62. The van der Waals surface area contributed by atoms with Gasteiger partial charge in [-0.1, -0.05) is 0 Å². The molecule has 2 rings (SSSR count).